The van der Waals surface area contributed by atoms with E-state index in [1.54, 1.807) is 0 Å². The first-order chi connectivity index (χ1) is 8.70. The molecular formula is C12H15N3O2S. The van der Waals surface area contributed by atoms with Crippen LogP contribution in [0.1, 0.15) is 4.88 Å². The van der Waals surface area contributed by atoms with E-state index in [4.69, 9.17) is 10.5 Å². The van der Waals surface area contributed by atoms with Crippen molar-refractivity contribution < 1.29 is 9.84 Å². The minimum Gasteiger partial charge on any atom is -0.491 e. The minimum atomic E-state index is -0.642. The summed E-state index contributed by atoms with van der Waals surface area (Å²) in [4.78, 5) is 1.06. The Hall–Kier alpha value is -1.50. The van der Waals surface area contributed by atoms with Gasteiger partial charge in [-0.3, -0.25) is 0 Å². The number of ether oxygens (including phenoxy) is 1. The van der Waals surface area contributed by atoms with Gasteiger partial charge in [0.15, 0.2) is 0 Å². The van der Waals surface area contributed by atoms with E-state index in [9.17, 15) is 5.11 Å². The summed E-state index contributed by atoms with van der Waals surface area (Å²) in [5.41, 5.74) is 7.14. The summed E-state index contributed by atoms with van der Waals surface area (Å²) < 4.78 is 9.37. The average Bonchev–Trinajstić information content (AvgIpc) is 2.82. The summed E-state index contributed by atoms with van der Waals surface area (Å²) in [6.07, 6.45) is -0.642. The van der Waals surface area contributed by atoms with Gasteiger partial charge in [0.05, 0.1) is 4.88 Å². The van der Waals surface area contributed by atoms with Gasteiger partial charge in [-0.1, -0.05) is 16.6 Å². The van der Waals surface area contributed by atoms with Gasteiger partial charge >= 0.3 is 0 Å². The van der Waals surface area contributed by atoms with E-state index < -0.39 is 6.10 Å². The molecule has 0 aliphatic heterocycles. The first kappa shape index (κ1) is 12.9. The van der Waals surface area contributed by atoms with Crippen LogP contribution in [0.5, 0.6) is 5.75 Å². The van der Waals surface area contributed by atoms with Crippen LogP contribution in [-0.4, -0.2) is 33.9 Å². The fourth-order valence-electron chi connectivity index (χ4n) is 1.49. The molecule has 0 radical (unpaired) electrons. The molecule has 0 saturated carbocycles. The fourth-order valence-corrected chi connectivity index (χ4v) is 1.98. The lowest BCUT2D eigenvalue weighted by Gasteiger charge is -2.10. The van der Waals surface area contributed by atoms with Crippen LogP contribution in [0, 0.1) is 6.92 Å². The van der Waals surface area contributed by atoms with E-state index in [0.29, 0.717) is 5.75 Å². The SMILES string of the molecule is Cc1snnc1-c1cccc(OCC(O)CN)c1. The quantitative estimate of drug-likeness (QED) is 0.849. The third-order valence-corrected chi connectivity index (χ3v) is 3.10. The van der Waals surface area contributed by atoms with Gasteiger partial charge in [-0.05, 0) is 30.6 Å². The van der Waals surface area contributed by atoms with E-state index in [0.717, 1.165) is 16.1 Å². The molecule has 96 valence electrons. The van der Waals surface area contributed by atoms with Crippen LogP contribution in [0.2, 0.25) is 0 Å². The molecule has 0 aliphatic carbocycles. The predicted octanol–water partition coefficient (Wildman–Crippen LogP) is 1.21. The molecule has 1 aromatic heterocycles. The number of rotatable bonds is 5. The lowest BCUT2D eigenvalue weighted by atomic mass is 10.1. The van der Waals surface area contributed by atoms with Crippen molar-refractivity contribution in [1.29, 1.82) is 0 Å². The van der Waals surface area contributed by atoms with Crippen LogP contribution in [-0.2, 0) is 0 Å². The molecule has 0 amide bonds. The Bertz CT molecular complexity index is 516. The first-order valence-electron chi connectivity index (χ1n) is 5.61. The van der Waals surface area contributed by atoms with Gasteiger partial charge in [-0.25, -0.2) is 0 Å². The highest BCUT2D eigenvalue weighted by molar-refractivity contribution is 7.05. The number of nitrogens with zero attached hydrogens (tertiary/aromatic N) is 2. The van der Waals surface area contributed by atoms with Crippen LogP contribution < -0.4 is 10.5 Å². The third-order valence-electron chi connectivity index (χ3n) is 2.47. The van der Waals surface area contributed by atoms with E-state index in [-0.39, 0.29) is 13.2 Å². The number of hydrogen-bond acceptors (Lipinski definition) is 6. The Morgan fingerprint density at radius 3 is 3.00 bits per heavy atom. The van der Waals surface area contributed by atoms with Gasteiger partial charge in [-0.15, -0.1) is 5.10 Å². The van der Waals surface area contributed by atoms with E-state index in [1.807, 2.05) is 31.2 Å². The van der Waals surface area contributed by atoms with Crippen molar-refractivity contribution in [3.8, 4) is 17.0 Å². The van der Waals surface area contributed by atoms with Crippen molar-refractivity contribution in [2.24, 2.45) is 5.73 Å². The normalized spacial score (nSPS) is 12.4. The number of aromatic nitrogens is 2. The second-order valence-corrected chi connectivity index (χ2v) is 4.86. The van der Waals surface area contributed by atoms with Crippen molar-refractivity contribution in [3.05, 3.63) is 29.1 Å². The highest BCUT2D eigenvalue weighted by atomic mass is 32.1. The number of benzene rings is 1. The lowest BCUT2D eigenvalue weighted by molar-refractivity contribution is 0.114. The number of aliphatic hydroxyl groups excluding tert-OH is 1. The number of hydrogen-bond donors (Lipinski definition) is 2. The molecule has 2 aromatic rings. The predicted molar refractivity (Wildman–Crippen MR) is 70.6 cm³/mol. The van der Waals surface area contributed by atoms with Gasteiger partial charge < -0.3 is 15.6 Å². The van der Waals surface area contributed by atoms with Crippen LogP contribution in [0.25, 0.3) is 11.3 Å². The molecule has 6 heteroatoms. The van der Waals surface area contributed by atoms with Gasteiger partial charge in [0.25, 0.3) is 0 Å². The summed E-state index contributed by atoms with van der Waals surface area (Å²) in [6, 6.07) is 7.56. The molecule has 0 spiro atoms. The van der Waals surface area contributed by atoms with Gasteiger partial charge in [-0.2, -0.15) is 0 Å². The zero-order valence-corrected chi connectivity index (χ0v) is 10.9. The minimum absolute atomic E-state index is 0.189. The standard InChI is InChI=1S/C12H15N3O2S/c1-8-12(14-15-18-8)9-3-2-4-11(5-9)17-7-10(16)6-13/h2-5,10,16H,6-7,13H2,1H3. The lowest BCUT2D eigenvalue weighted by Crippen LogP contribution is -2.26. The van der Waals surface area contributed by atoms with E-state index in [1.165, 1.54) is 11.5 Å². The maximum absolute atomic E-state index is 9.35. The Kier molecular flexibility index (Phi) is 4.24. The summed E-state index contributed by atoms with van der Waals surface area (Å²) in [5.74, 6) is 0.687. The molecule has 0 saturated heterocycles. The highest BCUT2D eigenvalue weighted by Crippen LogP contribution is 2.26. The molecule has 1 heterocycles. The van der Waals surface area contributed by atoms with Crippen molar-refractivity contribution in [3.63, 3.8) is 0 Å². The molecule has 1 unspecified atom stereocenters. The molecule has 18 heavy (non-hydrogen) atoms. The van der Waals surface area contributed by atoms with E-state index >= 15 is 0 Å². The molecule has 2 rings (SSSR count). The Labute approximate surface area is 109 Å². The second-order valence-electron chi connectivity index (χ2n) is 3.91. The smallest absolute Gasteiger partial charge is 0.120 e. The summed E-state index contributed by atoms with van der Waals surface area (Å²) in [7, 11) is 0. The molecule has 0 fully saturated rings. The van der Waals surface area contributed by atoms with Crippen LogP contribution in [0.3, 0.4) is 0 Å². The third kappa shape index (κ3) is 3.04. The number of aryl methyl sites for hydroxylation is 1. The second kappa shape index (κ2) is 5.90. The highest BCUT2D eigenvalue weighted by Gasteiger charge is 2.08. The first-order valence-corrected chi connectivity index (χ1v) is 6.38. The summed E-state index contributed by atoms with van der Waals surface area (Å²) in [6.45, 7) is 2.36. The average molecular weight is 265 g/mol. The fraction of sp³-hybridized carbons (Fsp3) is 0.333. The molecule has 1 aromatic carbocycles. The maximum Gasteiger partial charge on any atom is 0.120 e. The zero-order valence-electron chi connectivity index (χ0n) is 10.0. The van der Waals surface area contributed by atoms with Crippen molar-refractivity contribution in [2.75, 3.05) is 13.2 Å². The Morgan fingerprint density at radius 1 is 1.50 bits per heavy atom. The van der Waals surface area contributed by atoms with Gasteiger partial charge in [0.2, 0.25) is 0 Å². The van der Waals surface area contributed by atoms with Gasteiger partial charge in [0.1, 0.15) is 24.2 Å². The molecule has 0 bridgehead atoms. The molecule has 0 aliphatic rings. The largest absolute Gasteiger partial charge is 0.491 e. The van der Waals surface area contributed by atoms with Gasteiger partial charge in [0, 0.05) is 12.1 Å². The number of nitrogens with two attached hydrogens (primary N) is 1. The summed E-state index contributed by atoms with van der Waals surface area (Å²) >= 11 is 1.37. The van der Waals surface area contributed by atoms with Crippen molar-refractivity contribution in [2.45, 2.75) is 13.0 Å². The monoisotopic (exact) mass is 265 g/mol. The van der Waals surface area contributed by atoms with Crippen molar-refractivity contribution >= 4 is 11.5 Å². The maximum atomic E-state index is 9.35. The Balaban J connectivity index is 2.13. The number of aliphatic hydroxyl groups is 1. The Morgan fingerprint density at radius 2 is 2.33 bits per heavy atom. The molecule has 5 nitrogen and oxygen atoms in total. The molecule has 3 N–H and O–H groups in total. The van der Waals surface area contributed by atoms with Crippen LogP contribution >= 0.6 is 11.5 Å². The van der Waals surface area contributed by atoms with Crippen molar-refractivity contribution in [1.82, 2.24) is 9.59 Å². The molecular weight excluding hydrogens is 250 g/mol. The molecule has 1 atom stereocenters. The van der Waals surface area contributed by atoms with E-state index in [2.05, 4.69) is 9.59 Å². The zero-order chi connectivity index (χ0) is 13.0. The summed E-state index contributed by atoms with van der Waals surface area (Å²) in [5, 5.41) is 13.4. The van der Waals surface area contributed by atoms with Crippen LogP contribution in [0.15, 0.2) is 24.3 Å². The van der Waals surface area contributed by atoms with Crippen LogP contribution in [0.4, 0.5) is 0 Å². The topological polar surface area (TPSA) is 81.3 Å².